The summed E-state index contributed by atoms with van der Waals surface area (Å²) in [6.07, 6.45) is -4.74. The zero-order valence-corrected chi connectivity index (χ0v) is 14.8. The molecule has 3 heterocycles. The smallest absolute Gasteiger partial charge is 0.389 e. The molecule has 26 heavy (non-hydrogen) atoms. The van der Waals surface area contributed by atoms with Gasteiger partial charge in [0.2, 0.25) is 5.95 Å². The first-order valence-electron chi connectivity index (χ1n) is 8.56. The standard InChI is InChI=1S/C16H23F3N4O3/c1-15(2,25)10-23-11(16(17,18)19)3-4-22-13(24)9-12(20-14(22)23)21-5-7-26-8-6-21/h9,11,25H,3-8,10H2,1-2H3. The average Bonchev–Trinajstić information content (AvgIpc) is 2.53. The van der Waals surface area contributed by atoms with Crippen molar-refractivity contribution in [3.05, 3.63) is 16.4 Å². The summed E-state index contributed by atoms with van der Waals surface area (Å²) in [5.41, 5.74) is -1.77. The maximum atomic E-state index is 13.6. The van der Waals surface area contributed by atoms with Crippen molar-refractivity contribution >= 4 is 11.8 Å². The molecule has 0 bridgehead atoms. The first kappa shape index (κ1) is 19.0. The zero-order chi connectivity index (χ0) is 19.1. The van der Waals surface area contributed by atoms with Crippen LogP contribution in [0.2, 0.25) is 0 Å². The molecule has 3 rings (SSSR count). The predicted octanol–water partition coefficient (Wildman–Crippen LogP) is 0.992. The Labute approximate surface area is 149 Å². The van der Waals surface area contributed by atoms with Crippen LogP contribution in [0.3, 0.4) is 0 Å². The van der Waals surface area contributed by atoms with Crippen LogP contribution >= 0.6 is 0 Å². The van der Waals surface area contributed by atoms with Gasteiger partial charge >= 0.3 is 6.18 Å². The number of fused-ring (bicyclic) bond motifs is 1. The summed E-state index contributed by atoms with van der Waals surface area (Å²) in [7, 11) is 0. The molecule has 1 aromatic rings. The molecule has 1 unspecified atom stereocenters. The van der Waals surface area contributed by atoms with Crippen molar-refractivity contribution in [1.82, 2.24) is 9.55 Å². The van der Waals surface area contributed by atoms with Gasteiger partial charge in [0.25, 0.3) is 5.56 Å². The minimum atomic E-state index is -4.48. The predicted molar refractivity (Wildman–Crippen MR) is 89.6 cm³/mol. The number of morpholine rings is 1. The second kappa shape index (κ2) is 6.73. The number of halogens is 3. The molecule has 2 aliphatic heterocycles. The summed E-state index contributed by atoms with van der Waals surface area (Å²) in [5, 5.41) is 10.1. The minimum absolute atomic E-state index is 0.0466. The first-order chi connectivity index (χ1) is 12.1. The Bertz CT molecular complexity index is 708. The Morgan fingerprint density at radius 1 is 1.27 bits per heavy atom. The molecule has 0 aromatic carbocycles. The van der Waals surface area contributed by atoms with Gasteiger partial charge in [0.15, 0.2) is 0 Å². The van der Waals surface area contributed by atoms with E-state index in [-0.39, 0.29) is 25.5 Å². The molecular weight excluding hydrogens is 353 g/mol. The molecule has 10 heteroatoms. The Balaban J connectivity index is 2.05. The van der Waals surface area contributed by atoms with Gasteiger partial charge in [-0.05, 0) is 20.3 Å². The number of hydrogen-bond donors (Lipinski definition) is 1. The molecule has 0 saturated carbocycles. The van der Waals surface area contributed by atoms with Gasteiger partial charge in [-0.15, -0.1) is 0 Å². The monoisotopic (exact) mass is 376 g/mol. The van der Waals surface area contributed by atoms with E-state index in [9.17, 15) is 23.1 Å². The maximum Gasteiger partial charge on any atom is 0.408 e. The van der Waals surface area contributed by atoms with E-state index in [0.29, 0.717) is 32.1 Å². The van der Waals surface area contributed by atoms with Gasteiger partial charge in [0.05, 0.1) is 18.8 Å². The number of ether oxygens (including phenoxy) is 1. The largest absolute Gasteiger partial charge is 0.408 e. The summed E-state index contributed by atoms with van der Waals surface area (Å²) >= 11 is 0. The van der Waals surface area contributed by atoms with Crippen LogP contribution in [0, 0.1) is 0 Å². The van der Waals surface area contributed by atoms with E-state index in [2.05, 4.69) is 4.98 Å². The molecule has 146 valence electrons. The van der Waals surface area contributed by atoms with Crippen LogP contribution < -0.4 is 15.4 Å². The highest BCUT2D eigenvalue weighted by Crippen LogP contribution is 2.35. The van der Waals surface area contributed by atoms with E-state index in [1.165, 1.54) is 24.5 Å². The SMILES string of the molecule is CC(C)(O)CN1c2nc(N3CCOCC3)cc(=O)n2CCC1C(F)(F)F. The van der Waals surface area contributed by atoms with Crippen molar-refractivity contribution in [1.29, 1.82) is 0 Å². The molecular formula is C16H23F3N4O3. The summed E-state index contributed by atoms with van der Waals surface area (Å²) in [5.74, 6) is 0.294. The zero-order valence-electron chi connectivity index (χ0n) is 14.8. The van der Waals surface area contributed by atoms with Crippen molar-refractivity contribution in [2.75, 3.05) is 42.6 Å². The lowest BCUT2D eigenvalue weighted by molar-refractivity contribution is -0.154. The fraction of sp³-hybridized carbons (Fsp3) is 0.750. The molecule has 0 aliphatic carbocycles. The van der Waals surface area contributed by atoms with Gasteiger partial charge in [-0.3, -0.25) is 9.36 Å². The second-order valence-electron chi connectivity index (χ2n) is 7.29. The number of aromatic nitrogens is 2. The third-order valence-corrected chi connectivity index (χ3v) is 4.50. The lowest BCUT2D eigenvalue weighted by Gasteiger charge is -2.41. The van der Waals surface area contributed by atoms with Crippen molar-refractivity contribution in [3.8, 4) is 0 Å². The van der Waals surface area contributed by atoms with E-state index in [1.54, 1.807) is 0 Å². The lowest BCUT2D eigenvalue weighted by Crippen LogP contribution is -2.56. The maximum absolute atomic E-state index is 13.6. The molecule has 1 fully saturated rings. The van der Waals surface area contributed by atoms with Crippen LogP contribution in [0.15, 0.2) is 10.9 Å². The van der Waals surface area contributed by atoms with Crippen LogP contribution in [0.1, 0.15) is 20.3 Å². The summed E-state index contributed by atoms with van der Waals surface area (Å²) in [6.45, 7) is 4.51. The molecule has 1 N–H and O–H groups in total. The summed E-state index contributed by atoms with van der Waals surface area (Å²) in [6, 6.07) is -0.439. The fourth-order valence-corrected chi connectivity index (χ4v) is 3.35. The normalized spacial score (nSPS) is 21.7. The highest BCUT2D eigenvalue weighted by molar-refractivity contribution is 5.47. The van der Waals surface area contributed by atoms with Crippen molar-refractivity contribution < 1.29 is 23.0 Å². The van der Waals surface area contributed by atoms with Crippen molar-refractivity contribution in [2.24, 2.45) is 0 Å². The van der Waals surface area contributed by atoms with Gasteiger partial charge in [0, 0.05) is 32.2 Å². The number of anilines is 2. The fourth-order valence-electron chi connectivity index (χ4n) is 3.35. The average molecular weight is 376 g/mol. The molecule has 1 saturated heterocycles. The molecule has 0 amide bonds. The second-order valence-corrected chi connectivity index (χ2v) is 7.29. The Hall–Kier alpha value is -1.81. The van der Waals surface area contributed by atoms with Crippen LogP contribution in [0.25, 0.3) is 0 Å². The van der Waals surface area contributed by atoms with E-state index in [0.717, 1.165) is 4.90 Å². The van der Waals surface area contributed by atoms with Crippen molar-refractivity contribution in [2.45, 2.75) is 44.6 Å². The highest BCUT2D eigenvalue weighted by atomic mass is 19.4. The van der Waals surface area contributed by atoms with Crippen molar-refractivity contribution in [3.63, 3.8) is 0 Å². The third-order valence-electron chi connectivity index (χ3n) is 4.50. The lowest BCUT2D eigenvalue weighted by atomic mass is 10.0. The minimum Gasteiger partial charge on any atom is -0.389 e. The Morgan fingerprint density at radius 3 is 2.50 bits per heavy atom. The molecule has 0 spiro atoms. The number of hydrogen-bond acceptors (Lipinski definition) is 6. The number of nitrogens with zero attached hydrogens (tertiary/aromatic N) is 4. The molecule has 2 aliphatic rings. The number of β-amino-alcohol motifs (C(OH)–C–C–N with tert-alkyl or cyclic N) is 1. The van der Waals surface area contributed by atoms with Crippen LogP contribution in [-0.2, 0) is 11.3 Å². The molecule has 0 radical (unpaired) electrons. The Morgan fingerprint density at radius 2 is 1.92 bits per heavy atom. The topological polar surface area (TPSA) is 70.8 Å². The highest BCUT2D eigenvalue weighted by Gasteiger charge is 2.48. The van der Waals surface area contributed by atoms with E-state index < -0.39 is 23.4 Å². The number of alkyl halides is 3. The van der Waals surface area contributed by atoms with Gasteiger partial charge in [-0.2, -0.15) is 18.2 Å². The number of aliphatic hydroxyl groups is 1. The Kier molecular flexibility index (Phi) is 4.91. The van der Waals surface area contributed by atoms with Gasteiger partial charge < -0.3 is 19.6 Å². The third kappa shape index (κ3) is 3.96. The molecule has 7 nitrogen and oxygen atoms in total. The van der Waals surface area contributed by atoms with E-state index in [4.69, 9.17) is 4.74 Å². The summed E-state index contributed by atoms with van der Waals surface area (Å²) in [4.78, 5) is 19.7. The quantitative estimate of drug-likeness (QED) is 0.849. The molecule has 1 aromatic heterocycles. The van der Waals surface area contributed by atoms with E-state index in [1.807, 2.05) is 4.90 Å². The van der Waals surface area contributed by atoms with E-state index >= 15 is 0 Å². The first-order valence-corrected chi connectivity index (χ1v) is 8.56. The van der Waals surface area contributed by atoms with Crippen LogP contribution in [-0.4, -0.2) is 65.3 Å². The van der Waals surface area contributed by atoms with Crippen LogP contribution in [0.4, 0.5) is 24.9 Å². The number of rotatable bonds is 3. The van der Waals surface area contributed by atoms with Crippen LogP contribution in [0.5, 0.6) is 0 Å². The summed E-state index contributed by atoms with van der Waals surface area (Å²) < 4.78 is 47.2. The van der Waals surface area contributed by atoms with Gasteiger partial charge in [-0.25, -0.2) is 0 Å². The van der Waals surface area contributed by atoms with Gasteiger partial charge in [-0.1, -0.05) is 0 Å². The molecule has 1 atom stereocenters. The van der Waals surface area contributed by atoms with Gasteiger partial charge in [0.1, 0.15) is 11.9 Å².